The molecule has 3 saturated heterocycles. The average Bonchev–Trinajstić information content (AvgIpc) is 3.25. The average molecular weight is 342 g/mol. The van der Waals surface area contributed by atoms with Crippen LogP contribution in [0.5, 0.6) is 0 Å². The van der Waals surface area contributed by atoms with Crippen molar-refractivity contribution in [2.24, 2.45) is 5.92 Å². The molecule has 5 nitrogen and oxygen atoms in total. The maximum atomic E-state index is 6.51. The molecular weight excluding hydrogens is 308 g/mol. The molecule has 0 spiro atoms. The van der Waals surface area contributed by atoms with Crippen molar-refractivity contribution in [2.45, 2.75) is 103 Å². The molecule has 3 aliphatic heterocycles. The van der Waals surface area contributed by atoms with Crippen molar-refractivity contribution in [3.8, 4) is 0 Å². The monoisotopic (exact) mass is 342 g/mol. The van der Waals surface area contributed by atoms with Crippen LogP contribution in [0.2, 0.25) is 0 Å². The molecule has 0 saturated carbocycles. The first kappa shape index (κ1) is 18.6. The van der Waals surface area contributed by atoms with E-state index in [1.807, 2.05) is 13.8 Å². The van der Waals surface area contributed by atoms with Crippen LogP contribution in [0.1, 0.15) is 67.2 Å². The molecule has 0 aromatic rings. The van der Waals surface area contributed by atoms with E-state index in [2.05, 4.69) is 27.7 Å². The molecular formula is C19H34O5. The predicted molar refractivity (Wildman–Crippen MR) is 90.7 cm³/mol. The van der Waals surface area contributed by atoms with Gasteiger partial charge in [-0.05, 0) is 46.5 Å². The second-order valence-corrected chi connectivity index (χ2v) is 8.16. The summed E-state index contributed by atoms with van der Waals surface area (Å²) in [5, 5.41) is 0. The van der Waals surface area contributed by atoms with Gasteiger partial charge in [0.05, 0.1) is 31.0 Å². The Balaban J connectivity index is 1.76. The van der Waals surface area contributed by atoms with Crippen molar-refractivity contribution in [3.63, 3.8) is 0 Å². The van der Waals surface area contributed by atoms with Gasteiger partial charge in [0, 0.05) is 5.92 Å². The summed E-state index contributed by atoms with van der Waals surface area (Å²) >= 11 is 0. The Morgan fingerprint density at radius 1 is 0.750 bits per heavy atom. The lowest BCUT2D eigenvalue weighted by molar-refractivity contribution is -0.185. The zero-order chi connectivity index (χ0) is 17.6. The van der Waals surface area contributed by atoms with Crippen molar-refractivity contribution in [1.29, 1.82) is 0 Å². The van der Waals surface area contributed by atoms with Crippen molar-refractivity contribution >= 4 is 0 Å². The number of hydrogen-bond acceptors (Lipinski definition) is 5. The van der Waals surface area contributed by atoms with Crippen molar-refractivity contribution in [3.05, 3.63) is 0 Å². The van der Waals surface area contributed by atoms with Crippen LogP contribution in [0.4, 0.5) is 0 Å². The smallest absolute Gasteiger partial charge is 0.166 e. The second kappa shape index (κ2) is 6.51. The summed E-state index contributed by atoms with van der Waals surface area (Å²) in [7, 11) is 0. The molecule has 0 aliphatic carbocycles. The van der Waals surface area contributed by atoms with E-state index in [0.29, 0.717) is 13.2 Å². The highest BCUT2D eigenvalue weighted by Crippen LogP contribution is 2.46. The lowest BCUT2D eigenvalue weighted by Crippen LogP contribution is -2.41. The summed E-state index contributed by atoms with van der Waals surface area (Å²) in [4.78, 5) is 0. The fourth-order valence-electron chi connectivity index (χ4n) is 4.04. The van der Waals surface area contributed by atoms with Gasteiger partial charge in [0.15, 0.2) is 11.6 Å². The Labute approximate surface area is 146 Å². The molecule has 0 aromatic heterocycles. The first-order chi connectivity index (χ1) is 11.3. The van der Waals surface area contributed by atoms with E-state index < -0.39 is 11.6 Å². The van der Waals surface area contributed by atoms with E-state index in [1.54, 1.807) is 0 Å². The summed E-state index contributed by atoms with van der Waals surface area (Å²) in [6.45, 7) is 13.8. The molecule has 7 unspecified atom stereocenters. The van der Waals surface area contributed by atoms with E-state index >= 15 is 0 Å². The summed E-state index contributed by atoms with van der Waals surface area (Å²) in [6, 6.07) is 0. The van der Waals surface area contributed by atoms with Crippen molar-refractivity contribution in [2.75, 3.05) is 13.2 Å². The Morgan fingerprint density at radius 3 is 1.79 bits per heavy atom. The highest BCUT2D eigenvalue weighted by molar-refractivity contribution is 5.00. The molecule has 0 bridgehead atoms. The van der Waals surface area contributed by atoms with Crippen LogP contribution in [-0.2, 0) is 23.7 Å². The minimum atomic E-state index is -0.491. The van der Waals surface area contributed by atoms with E-state index in [1.165, 1.54) is 0 Å². The maximum absolute atomic E-state index is 6.51. The summed E-state index contributed by atoms with van der Waals surface area (Å²) < 4.78 is 30.9. The molecule has 3 heterocycles. The normalized spacial score (nSPS) is 52.2. The molecule has 7 atom stereocenters. The summed E-state index contributed by atoms with van der Waals surface area (Å²) in [6.07, 6.45) is 3.67. The van der Waals surface area contributed by atoms with Crippen LogP contribution in [-0.4, -0.2) is 48.7 Å². The fraction of sp³-hybridized carbons (Fsp3) is 1.00. The lowest BCUT2D eigenvalue weighted by Gasteiger charge is -2.29. The second-order valence-electron chi connectivity index (χ2n) is 8.16. The maximum Gasteiger partial charge on any atom is 0.166 e. The fourth-order valence-corrected chi connectivity index (χ4v) is 4.04. The predicted octanol–water partition coefficient (Wildman–Crippen LogP) is 3.64. The van der Waals surface area contributed by atoms with E-state index in [0.717, 1.165) is 25.7 Å². The van der Waals surface area contributed by atoms with Gasteiger partial charge in [0.25, 0.3) is 0 Å². The Kier molecular flexibility index (Phi) is 5.04. The molecule has 0 aromatic carbocycles. The van der Waals surface area contributed by atoms with Gasteiger partial charge < -0.3 is 23.7 Å². The van der Waals surface area contributed by atoms with E-state index in [-0.39, 0.29) is 29.8 Å². The quantitative estimate of drug-likeness (QED) is 0.763. The molecule has 0 N–H and O–H groups in total. The van der Waals surface area contributed by atoms with Gasteiger partial charge in [-0.1, -0.05) is 20.8 Å². The van der Waals surface area contributed by atoms with Gasteiger partial charge in [-0.3, -0.25) is 0 Å². The highest BCUT2D eigenvalue weighted by atomic mass is 16.8. The Morgan fingerprint density at radius 2 is 1.29 bits per heavy atom. The first-order valence-electron chi connectivity index (χ1n) is 9.57. The van der Waals surface area contributed by atoms with Gasteiger partial charge in [-0.25, -0.2) is 0 Å². The SMILES string of the molecule is CCC1(C)CC(C2COC(C)(CC)O2)C(C2COC(C)(CC)O2)O1. The molecule has 0 amide bonds. The molecule has 3 fully saturated rings. The number of hydrogen-bond donors (Lipinski definition) is 0. The third-order valence-electron chi connectivity index (χ3n) is 6.29. The number of ether oxygens (including phenoxy) is 5. The Bertz CT molecular complexity index is 419. The number of rotatable bonds is 5. The molecule has 0 radical (unpaired) electrons. The molecule has 5 heteroatoms. The molecule has 24 heavy (non-hydrogen) atoms. The minimum absolute atomic E-state index is 0.00358. The van der Waals surface area contributed by atoms with Gasteiger partial charge in [-0.2, -0.15) is 0 Å². The van der Waals surface area contributed by atoms with E-state index in [9.17, 15) is 0 Å². The Hall–Kier alpha value is -0.200. The van der Waals surface area contributed by atoms with Gasteiger partial charge in [-0.15, -0.1) is 0 Å². The van der Waals surface area contributed by atoms with Crippen LogP contribution in [0, 0.1) is 5.92 Å². The van der Waals surface area contributed by atoms with Crippen LogP contribution >= 0.6 is 0 Å². The van der Waals surface area contributed by atoms with Crippen molar-refractivity contribution < 1.29 is 23.7 Å². The largest absolute Gasteiger partial charge is 0.369 e. The third kappa shape index (κ3) is 3.38. The molecule has 140 valence electrons. The molecule has 3 rings (SSSR count). The van der Waals surface area contributed by atoms with Crippen molar-refractivity contribution in [1.82, 2.24) is 0 Å². The van der Waals surface area contributed by atoms with Gasteiger partial charge >= 0.3 is 0 Å². The van der Waals surface area contributed by atoms with E-state index in [4.69, 9.17) is 23.7 Å². The lowest BCUT2D eigenvalue weighted by atomic mass is 9.86. The minimum Gasteiger partial charge on any atom is -0.369 e. The molecule has 3 aliphatic rings. The van der Waals surface area contributed by atoms with Crippen LogP contribution < -0.4 is 0 Å². The zero-order valence-corrected chi connectivity index (χ0v) is 16.1. The van der Waals surface area contributed by atoms with Gasteiger partial charge in [0.1, 0.15) is 6.10 Å². The summed E-state index contributed by atoms with van der Waals surface area (Å²) in [5.74, 6) is -0.684. The van der Waals surface area contributed by atoms with Crippen LogP contribution in [0.3, 0.4) is 0 Å². The summed E-state index contributed by atoms with van der Waals surface area (Å²) in [5.41, 5.74) is -0.127. The third-order valence-corrected chi connectivity index (χ3v) is 6.29. The highest BCUT2D eigenvalue weighted by Gasteiger charge is 2.55. The zero-order valence-electron chi connectivity index (χ0n) is 16.1. The topological polar surface area (TPSA) is 46.2 Å². The first-order valence-corrected chi connectivity index (χ1v) is 9.57. The van der Waals surface area contributed by atoms with Crippen LogP contribution in [0.15, 0.2) is 0 Å². The van der Waals surface area contributed by atoms with Crippen LogP contribution in [0.25, 0.3) is 0 Å². The standard InChI is InChI=1S/C19H34O5/c1-7-17(4)10-13(14-11-20-18(5,8-2)22-14)16(24-17)15-12-21-19(6,9-3)23-15/h13-16H,7-12H2,1-6H3. The van der Waals surface area contributed by atoms with Gasteiger partial charge in [0.2, 0.25) is 0 Å².